The van der Waals surface area contributed by atoms with Crippen LogP contribution in [0, 0.1) is 13.8 Å². The summed E-state index contributed by atoms with van der Waals surface area (Å²) in [6.07, 6.45) is 1.54. The molecule has 1 N–H and O–H groups in total. The Hall–Kier alpha value is -2.89. The van der Waals surface area contributed by atoms with Crippen LogP contribution in [0.2, 0.25) is 0 Å². The van der Waals surface area contributed by atoms with Gasteiger partial charge in [0.1, 0.15) is 11.3 Å². The maximum absolute atomic E-state index is 12.7. The largest absolute Gasteiger partial charge is 0.508 e. The van der Waals surface area contributed by atoms with Gasteiger partial charge in [0.2, 0.25) is 0 Å². The predicted octanol–water partition coefficient (Wildman–Crippen LogP) is 2.32. The summed E-state index contributed by atoms with van der Waals surface area (Å²) in [5, 5.41) is 14.1. The first-order valence-electron chi connectivity index (χ1n) is 7.31. The van der Waals surface area contributed by atoms with E-state index in [-0.39, 0.29) is 11.7 Å². The number of fused-ring (bicyclic) bond motifs is 1. The van der Waals surface area contributed by atoms with Crippen molar-refractivity contribution in [3.8, 4) is 5.75 Å². The first-order valence-corrected chi connectivity index (χ1v) is 7.31. The molecule has 2 aromatic heterocycles. The summed E-state index contributed by atoms with van der Waals surface area (Å²) in [5.74, 6) is -0.00224. The Morgan fingerprint density at radius 3 is 2.78 bits per heavy atom. The third-order valence-electron chi connectivity index (χ3n) is 3.75. The van der Waals surface area contributed by atoms with Gasteiger partial charge in [-0.2, -0.15) is 5.10 Å². The molecule has 0 atom stereocenters. The number of para-hydroxylation sites is 1. The van der Waals surface area contributed by atoms with Gasteiger partial charge >= 0.3 is 0 Å². The smallest absolute Gasteiger partial charge is 0.259 e. The number of hydrogen-bond donors (Lipinski definition) is 1. The van der Waals surface area contributed by atoms with Crippen molar-refractivity contribution in [2.45, 2.75) is 20.4 Å². The Bertz CT molecular complexity index is 885. The van der Waals surface area contributed by atoms with Crippen LogP contribution in [0.1, 0.15) is 27.3 Å². The zero-order chi connectivity index (χ0) is 16.6. The summed E-state index contributed by atoms with van der Waals surface area (Å²) in [6, 6.07) is 8.90. The molecule has 0 unspecified atom stereocenters. The van der Waals surface area contributed by atoms with Gasteiger partial charge in [-0.3, -0.25) is 4.79 Å². The number of carbonyl (C=O) groups is 1. The van der Waals surface area contributed by atoms with Crippen molar-refractivity contribution in [2.24, 2.45) is 0 Å². The number of aryl methyl sites for hydroxylation is 2. The fraction of sp³-hybridized carbons (Fsp3) is 0.235. The van der Waals surface area contributed by atoms with Gasteiger partial charge in [0.25, 0.3) is 5.91 Å². The van der Waals surface area contributed by atoms with Crippen LogP contribution in [0.4, 0.5) is 0 Å². The minimum Gasteiger partial charge on any atom is -0.508 e. The Morgan fingerprint density at radius 2 is 2.04 bits per heavy atom. The number of phenolic OH excluding ortho intramolecular Hbond substituents is 1. The quantitative estimate of drug-likeness (QED) is 0.806. The molecule has 1 amide bonds. The lowest BCUT2D eigenvalue weighted by atomic mass is 10.2. The molecule has 0 spiro atoms. The van der Waals surface area contributed by atoms with E-state index in [2.05, 4.69) is 10.1 Å². The fourth-order valence-electron chi connectivity index (χ4n) is 2.60. The predicted molar refractivity (Wildman–Crippen MR) is 86.4 cm³/mol. The molecule has 0 fully saturated rings. The van der Waals surface area contributed by atoms with Gasteiger partial charge in [0.05, 0.1) is 6.20 Å². The number of rotatable bonds is 3. The van der Waals surface area contributed by atoms with Crippen LogP contribution in [-0.4, -0.2) is 37.6 Å². The zero-order valence-corrected chi connectivity index (χ0v) is 13.3. The van der Waals surface area contributed by atoms with Crippen LogP contribution in [-0.2, 0) is 6.54 Å². The van der Waals surface area contributed by atoms with Crippen molar-refractivity contribution in [3.05, 3.63) is 59.0 Å². The standard InChI is InChI=1S/C17H18N4O2/c1-11-8-12(2)21-16(19-11)14(9-18-21)17(23)20(3)10-13-6-4-5-7-15(13)22/h4-9,22H,10H2,1-3H3. The van der Waals surface area contributed by atoms with Crippen molar-refractivity contribution < 1.29 is 9.90 Å². The number of amides is 1. The van der Waals surface area contributed by atoms with Crippen LogP contribution in [0.15, 0.2) is 36.5 Å². The molecule has 3 rings (SSSR count). The molecule has 0 aliphatic heterocycles. The van der Waals surface area contributed by atoms with Crippen molar-refractivity contribution in [2.75, 3.05) is 7.05 Å². The highest BCUT2D eigenvalue weighted by Gasteiger charge is 2.19. The second-order valence-corrected chi connectivity index (χ2v) is 5.62. The summed E-state index contributed by atoms with van der Waals surface area (Å²) >= 11 is 0. The van der Waals surface area contributed by atoms with E-state index in [0.717, 1.165) is 11.4 Å². The van der Waals surface area contributed by atoms with Crippen LogP contribution in [0.3, 0.4) is 0 Å². The third-order valence-corrected chi connectivity index (χ3v) is 3.75. The Kier molecular flexibility index (Phi) is 3.73. The number of aromatic nitrogens is 3. The Morgan fingerprint density at radius 1 is 1.30 bits per heavy atom. The Labute approximate surface area is 134 Å². The molecule has 0 saturated carbocycles. The Balaban J connectivity index is 1.93. The fourth-order valence-corrected chi connectivity index (χ4v) is 2.60. The zero-order valence-electron chi connectivity index (χ0n) is 13.3. The van der Waals surface area contributed by atoms with Crippen LogP contribution < -0.4 is 0 Å². The van der Waals surface area contributed by atoms with Crippen LogP contribution >= 0.6 is 0 Å². The van der Waals surface area contributed by atoms with Crippen LogP contribution in [0.5, 0.6) is 5.75 Å². The van der Waals surface area contributed by atoms with E-state index in [1.807, 2.05) is 26.0 Å². The van der Waals surface area contributed by atoms with Gasteiger partial charge in [-0.15, -0.1) is 0 Å². The van der Waals surface area contributed by atoms with Gasteiger partial charge in [-0.05, 0) is 26.0 Å². The summed E-state index contributed by atoms with van der Waals surface area (Å²) in [4.78, 5) is 18.7. The topological polar surface area (TPSA) is 70.7 Å². The van der Waals surface area contributed by atoms with Crippen molar-refractivity contribution in [3.63, 3.8) is 0 Å². The first kappa shape index (κ1) is 15.0. The summed E-state index contributed by atoms with van der Waals surface area (Å²) in [7, 11) is 1.70. The molecule has 0 aliphatic rings. The molecular weight excluding hydrogens is 292 g/mol. The van der Waals surface area contributed by atoms with Gasteiger partial charge in [0, 0.05) is 30.5 Å². The molecule has 0 aliphatic carbocycles. The van der Waals surface area contributed by atoms with Gasteiger partial charge in [-0.1, -0.05) is 18.2 Å². The van der Waals surface area contributed by atoms with E-state index in [1.165, 1.54) is 0 Å². The van der Waals surface area contributed by atoms with Gasteiger partial charge in [-0.25, -0.2) is 9.50 Å². The number of carbonyl (C=O) groups excluding carboxylic acids is 1. The monoisotopic (exact) mass is 310 g/mol. The summed E-state index contributed by atoms with van der Waals surface area (Å²) < 4.78 is 1.66. The number of aromatic hydroxyl groups is 1. The summed E-state index contributed by atoms with van der Waals surface area (Å²) in [6.45, 7) is 4.13. The SMILES string of the molecule is Cc1cc(C)n2ncc(C(=O)N(C)Cc3ccccc3O)c2n1. The molecule has 3 aromatic rings. The number of benzene rings is 1. The number of nitrogens with zero attached hydrogens (tertiary/aromatic N) is 4. The van der Waals surface area contributed by atoms with Gasteiger partial charge < -0.3 is 10.0 Å². The molecule has 0 radical (unpaired) electrons. The second kappa shape index (κ2) is 5.72. The van der Waals surface area contributed by atoms with Gasteiger partial charge in [0.15, 0.2) is 5.65 Å². The third kappa shape index (κ3) is 2.75. The van der Waals surface area contributed by atoms with Crippen LogP contribution in [0.25, 0.3) is 5.65 Å². The minimum absolute atomic E-state index is 0.178. The maximum atomic E-state index is 12.7. The number of hydrogen-bond acceptors (Lipinski definition) is 4. The minimum atomic E-state index is -0.180. The van der Waals surface area contributed by atoms with E-state index in [1.54, 1.807) is 40.9 Å². The molecule has 2 heterocycles. The lowest BCUT2D eigenvalue weighted by molar-refractivity contribution is 0.0786. The van der Waals surface area contributed by atoms with Crippen molar-refractivity contribution in [1.82, 2.24) is 19.5 Å². The average molecular weight is 310 g/mol. The van der Waals surface area contributed by atoms with E-state index in [4.69, 9.17) is 0 Å². The van der Waals surface area contributed by atoms with E-state index >= 15 is 0 Å². The number of phenols is 1. The molecule has 23 heavy (non-hydrogen) atoms. The highest BCUT2D eigenvalue weighted by atomic mass is 16.3. The molecule has 6 nitrogen and oxygen atoms in total. The van der Waals surface area contributed by atoms with Crippen molar-refractivity contribution >= 4 is 11.6 Å². The first-order chi connectivity index (χ1) is 11.0. The normalized spacial score (nSPS) is 10.9. The highest BCUT2D eigenvalue weighted by molar-refractivity contribution is 5.99. The summed E-state index contributed by atoms with van der Waals surface area (Å²) in [5.41, 5.74) is 3.47. The molecule has 1 aromatic carbocycles. The molecular formula is C17H18N4O2. The van der Waals surface area contributed by atoms with E-state index in [9.17, 15) is 9.90 Å². The molecule has 118 valence electrons. The average Bonchev–Trinajstić information content (AvgIpc) is 2.92. The van der Waals surface area contributed by atoms with E-state index < -0.39 is 0 Å². The van der Waals surface area contributed by atoms with E-state index in [0.29, 0.717) is 23.3 Å². The lowest BCUT2D eigenvalue weighted by Gasteiger charge is -2.17. The second-order valence-electron chi connectivity index (χ2n) is 5.62. The lowest BCUT2D eigenvalue weighted by Crippen LogP contribution is -2.26. The van der Waals surface area contributed by atoms with Crippen molar-refractivity contribution in [1.29, 1.82) is 0 Å². The molecule has 0 bridgehead atoms. The molecule has 6 heteroatoms. The molecule has 0 saturated heterocycles. The maximum Gasteiger partial charge on any atom is 0.259 e. The highest BCUT2D eigenvalue weighted by Crippen LogP contribution is 2.19.